The molecule has 198 valence electrons. The van der Waals surface area contributed by atoms with Crippen LogP contribution < -0.4 is 33.6 Å². The average molecular weight is 481 g/mol. The van der Waals surface area contributed by atoms with E-state index in [0.29, 0.717) is 36.9 Å². The molecule has 0 aromatic carbocycles. The maximum Gasteiger partial charge on any atom is 0.195 e. The lowest BCUT2D eigenvalue weighted by molar-refractivity contribution is 0.592. The maximum atomic E-state index is 5.90. The Balaban J connectivity index is 3.98. The molecule has 0 saturated heterocycles. The van der Waals surface area contributed by atoms with Crippen molar-refractivity contribution >= 4 is 23.8 Å². The molecule has 0 radical (unpaired) electrons. The summed E-state index contributed by atoms with van der Waals surface area (Å²) in [5.74, 6) is 1.27. The summed E-state index contributed by atoms with van der Waals surface area (Å²) in [4.78, 5) is 17.4. The van der Waals surface area contributed by atoms with Crippen molar-refractivity contribution in [1.82, 2.24) is 10.6 Å². The van der Waals surface area contributed by atoms with Gasteiger partial charge in [-0.1, -0.05) is 65.2 Å². The number of rotatable bonds is 17. The van der Waals surface area contributed by atoms with E-state index in [0.717, 1.165) is 51.4 Å². The van der Waals surface area contributed by atoms with Crippen LogP contribution in [0, 0.1) is 0 Å². The van der Waals surface area contributed by atoms with E-state index in [9.17, 15) is 0 Å². The summed E-state index contributed by atoms with van der Waals surface area (Å²) < 4.78 is 0. The van der Waals surface area contributed by atoms with Gasteiger partial charge in [0.2, 0.25) is 0 Å². The predicted molar refractivity (Wildman–Crippen MR) is 148 cm³/mol. The van der Waals surface area contributed by atoms with Crippen molar-refractivity contribution in [1.29, 1.82) is 0 Å². The third kappa shape index (κ3) is 20.1. The summed E-state index contributed by atoms with van der Waals surface area (Å²) in [6.45, 7) is 9.79. The fraction of sp³-hybridized carbons (Fsp3) is 0.833. The van der Waals surface area contributed by atoms with Crippen LogP contribution in [0.4, 0.5) is 0 Å². The number of aliphatic imine (C=N–C) groups is 4. The molecule has 0 aliphatic heterocycles. The fourth-order valence-corrected chi connectivity index (χ4v) is 3.37. The van der Waals surface area contributed by atoms with E-state index in [1.54, 1.807) is 0 Å². The van der Waals surface area contributed by atoms with Crippen molar-refractivity contribution in [2.24, 2.45) is 42.9 Å². The highest BCUT2D eigenvalue weighted by molar-refractivity contribution is 5.97. The lowest BCUT2D eigenvalue weighted by Crippen LogP contribution is -2.42. The minimum atomic E-state index is 0.182. The quantitative estimate of drug-likeness (QED) is 0.106. The first-order chi connectivity index (χ1) is 16.3. The molecule has 0 aromatic rings. The zero-order valence-corrected chi connectivity index (χ0v) is 22.2. The van der Waals surface area contributed by atoms with E-state index in [-0.39, 0.29) is 12.1 Å². The fourth-order valence-electron chi connectivity index (χ4n) is 3.37. The minimum Gasteiger partial charge on any atom is -0.370 e. The second-order valence-corrected chi connectivity index (χ2v) is 8.92. The van der Waals surface area contributed by atoms with Crippen LogP contribution in [-0.2, 0) is 0 Å². The van der Waals surface area contributed by atoms with Crippen LogP contribution in [0.1, 0.15) is 105 Å². The maximum absolute atomic E-state index is 5.90. The van der Waals surface area contributed by atoms with Gasteiger partial charge in [-0.25, -0.2) is 0 Å². The summed E-state index contributed by atoms with van der Waals surface area (Å²) in [5.41, 5.74) is 23.6. The van der Waals surface area contributed by atoms with Gasteiger partial charge in [0.1, 0.15) is 0 Å². The topological polar surface area (TPSA) is 178 Å². The molecule has 2 atom stereocenters. The molecule has 10 heteroatoms. The lowest BCUT2D eigenvalue weighted by atomic mass is 10.1. The van der Waals surface area contributed by atoms with E-state index >= 15 is 0 Å². The van der Waals surface area contributed by atoms with Gasteiger partial charge in [0.15, 0.2) is 23.8 Å². The highest BCUT2D eigenvalue weighted by atomic mass is 15.2. The molecule has 0 aliphatic carbocycles. The molecule has 10 nitrogen and oxygen atoms in total. The van der Waals surface area contributed by atoms with Gasteiger partial charge in [0.25, 0.3) is 0 Å². The second-order valence-electron chi connectivity index (χ2n) is 8.92. The van der Waals surface area contributed by atoms with Crippen LogP contribution in [-0.4, -0.2) is 49.0 Å². The molecule has 0 bridgehead atoms. The number of nitrogens with zero attached hydrogens (tertiary/aromatic N) is 4. The normalized spacial score (nSPS) is 15.3. The first-order valence-electron chi connectivity index (χ1n) is 13.1. The summed E-state index contributed by atoms with van der Waals surface area (Å²) in [6.07, 6.45) is 13.2. The zero-order chi connectivity index (χ0) is 25.6. The largest absolute Gasteiger partial charge is 0.370 e. The van der Waals surface area contributed by atoms with Gasteiger partial charge in [-0.05, 0) is 39.5 Å². The average Bonchev–Trinajstić information content (AvgIpc) is 2.75. The van der Waals surface area contributed by atoms with Gasteiger partial charge in [-0.3, -0.25) is 30.6 Å². The van der Waals surface area contributed by atoms with Crippen LogP contribution in [0.25, 0.3) is 0 Å². The van der Waals surface area contributed by atoms with E-state index in [2.05, 4.69) is 58.3 Å². The Labute approximate surface area is 207 Å². The molecule has 0 rings (SSSR count). The van der Waals surface area contributed by atoms with Gasteiger partial charge < -0.3 is 22.9 Å². The molecule has 34 heavy (non-hydrogen) atoms. The van der Waals surface area contributed by atoms with Crippen molar-refractivity contribution in [3.63, 3.8) is 0 Å². The Morgan fingerprint density at radius 1 is 0.559 bits per heavy atom. The summed E-state index contributed by atoms with van der Waals surface area (Å²) in [6, 6.07) is 0.364. The number of unbranched alkanes of at least 4 members (excludes halogenated alkanes) is 7. The molecule has 2 unspecified atom stereocenters. The van der Waals surface area contributed by atoms with Gasteiger partial charge in [-0.15, -0.1) is 0 Å². The number of nitrogens with two attached hydrogens (primary N) is 4. The van der Waals surface area contributed by atoms with Crippen molar-refractivity contribution in [2.45, 2.75) is 117 Å². The Hall–Kier alpha value is -2.52. The number of hydrogen-bond acceptors (Lipinski definition) is 4. The monoisotopic (exact) mass is 480 g/mol. The molecule has 0 fully saturated rings. The van der Waals surface area contributed by atoms with Gasteiger partial charge in [0.05, 0.1) is 12.1 Å². The molecular weight excluding hydrogens is 428 g/mol. The first-order valence-corrected chi connectivity index (χ1v) is 13.1. The van der Waals surface area contributed by atoms with E-state index in [1.807, 2.05) is 0 Å². The van der Waals surface area contributed by atoms with Crippen LogP contribution in [0.5, 0.6) is 0 Å². The third-order valence-corrected chi connectivity index (χ3v) is 5.31. The first kappa shape index (κ1) is 31.5. The zero-order valence-electron chi connectivity index (χ0n) is 22.2. The predicted octanol–water partition coefficient (Wildman–Crippen LogP) is 2.92. The molecule has 0 spiro atoms. The number of nitrogens with one attached hydrogen (secondary N) is 2. The number of guanidine groups is 4. The highest BCUT2D eigenvalue weighted by Gasteiger charge is 2.03. The standard InChI is InChI=1S/C24H52N10/c1-5-7-11-15-19(3)31-23(27)33-21(25)29-17-13-9-10-14-18-30-22(26)34-24(28)32-20(4)16-12-8-6-2/h19-20H,5-18H2,1-4H3,(H5,25,27,29,31,33)(H5,26,28,30,32,34). The van der Waals surface area contributed by atoms with E-state index < -0.39 is 0 Å². The van der Waals surface area contributed by atoms with Crippen molar-refractivity contribution in [3.05, 3.63) is 0 Å². The van der Waals surface area contributed by atoms with Gasteiger partial charge in [-0.2, -0.15) is 0 Å². The minimum absolute atomic E-state index is 0.182. The summed E-state index contributed by atoms with van der Waals surface area (Å²) in [7, 11) is 0. The van der Waals surface area contributed by atoms with Crippen molar-refractivity contribution in [3.8, 4) is 0 Å². The summed E-state index contributed by atoms with van der Waals surface area (Å²) in [5, 5.41) is 5.72. The smallest absolute Gasteiger partial charge is 0.195 e. The molecule has 0 amide bonds. The lowest BCUT2D eigenvalue weighted by Gasteiger charge is -2.09. The van der Waals surface area contributed by atoms with Crippen LogP contribution in [0.2, 0.25) is 0 Å². The van der Waals surface area contributed by atoms with Crippen LogP contribution in [0.3, 0.4) is 0 Å². The highest BCUT2D eigenvalue weighted by Crippen LogP contribution is 2.06. The van der Waals surface area contributed by atoms with Crippen molar-refractivity contribution in [2.75, 3.05) is 13.1 Å². The molecule has 0 aromatic heterocycles. The Morgan fingerprint density at radius 2 is 0.941 bits per heavy atom. The molecule has 10 N–H and O–H groups in total. The van der Waals surface area contributed by atoms with Crippen molar-refractivity contribution < 1.29 is 0 Å². The Bertz CT molecular complexity index is 573. The molecule has 0 heterocycles. The summed E-state index contributed by atoms with van der Waals surface area (Å²) >= 11 is 0. The Morgan fingerprint density at radius 3 is 1.29 bits per heavy atom. The van der Waals surface area contributed by atoms with Crippen LogP contribution >= 0.6 is 0 Å². The molecule has 0 saturated carbocycles. The second kappa shape index (κ2) is 21.0. The molecule has 0 aliphatic rings. The van der Waals surface area contributed by atoms with Gasteiger partial charge >= 0.3 is 0 Å². The van der Waals surface area contributed by atoms with Crippen LogP contribution in [0.15, 0.2) is 20.0 Å². The number of hydrogen-bond donors (Lipinski definition) is 6. The third-order valence-electron chi connectivity index (χ3n) is 5.31. The Kier molecular flexibility index (Phi) is 19.5. The SMILES string of the molecule is CCCCCC(C)N=C(N)NC(N)=NCCCCCCN=C(N)NC(N)=NC(C)CCCCC. The van der Waals surface area contributed by atoms with E-state index in [4.69, 9.17) is 22.9 Å². The van der Waals surface area contributed by atoms with E-state index in [1.165, 1.54) is 25.7 Å². The van der Waals surface area contributed by atoms with Gasteiger partial charge in [0, 0.05) is 13.1 Å². The molecular formula is C24H52N10.